The fraction of sp³-hybridized carbons (Fsp3) is 0.100. The maximum atomic E-state index is 14.2. The maximum Gasteiger partial charge on any atom is 0.265 e. The van der Waals surface area contributed by atoms with E-state index in [1.165, 1.54) is 0 Å². The first-order chi connectivity index (χ1) is 14.4. The lowest BCUT2D eigenvalue weighted by atomic mass is 10.2. The Morgan fingerprint density at radius 2 is 1.90 bits per heavy atom. The summed E-state index contributed by atoms with van der Waals surface area (Å²) in [7, 11) is 0. The number of hydrogen-bond acceptors (Lipinski definition) is 7. The van der Waals surface area contributed by atoms with E-state index in [4.69, 9.17) is 10.5 Å². The molecule has 5 N–H and O–H groups in total. The number of carbonyl (C=O) groups is 2. The van der Waals surface area contributed by atoms with Gasteiger partial charge in [0.25, 0.3) is 5.91 Å². The molecule has 0 bridgehead atoms. The minimum absolute atomic E-state index is 0.0578. The van der Waals surface area contributed by atoms with E-state index in [0.717, 1.165) is 6.20 Å². The van der Waals surface area contributed by atoms with Gasteiger partial charge in [-0.3, -0.25) is 9.59 Å². The van der Waals surface area contributed by atoms with E-state index in [1.54, 1.807) is 49.4 Å². The number of amides is 2. The molecule has 0 saturated heterocycles. The normalized spacial score (nSPS) is 14.9. The topological polar surface area (TPSA) is 131 Å². The Morgan fingerprint density at radius 3 is 2.63 bits per heavy atom. The molecular weight excluding hydrogens is 391 g/mol. The van der Waals surface area contributed by atoms with Crippen molar-refractivity contribution in [3.8, 4) is 5.75 Å². The average molecular weight is 408 g/mol. The lowest BCUT2D eigenvalue weighted by Gasteiger charge is -2.23. The zero-order valence-electron chi connectivity index (χ0n) is 15.8. The van der Waals surface area contributed by atoms with E-state index in [0.29, 0.717) is 28.4 Å². The largest absolute Gasteiger partial charge is 0.479 e. The summed E-state index contributed by atoms with van der Waals surface area (Å²) in [6.45, 7) is 1.65. The number of anilines is 5. The van der Waals surface area contributed by atoms with E-state index in [-0.39, 0.29) is 17.7 Å². The first-order valence-electron chi connectivity index (χ1n) is 8.97. The number of nitrogens with one attached hydrogen (secondary N) is 3. The second kappa shape index (κ2) is 7.66. The summed E-state index contributed by atoms with van der Waals surface area (Å²) < 4.78 is 19.7. The van der Waals surface area contributed by atoms with Gasteiger partial charge in [-0.05, 0) is 49.4 Å². The molecule has 0 fully saturated rings. The Kier molecular flexibility index (Phi) is 4.88. The molecule has 10 heteroatoms. The average Bonchev–Trinajstić information content (AvgIpc) is 2.72. The Labute approximate surface area is 170 Å². The number of primary amides is 1. The number of aromatic nitrogens is 2. The zero-order chi connectivity index (χ0) is 21.3. The third kappa shape index (κ3) is 3.97. The smallest absolute Gasteiger partial charge is 0.265 e. The molecule has 9 nitrogen and oxygen atoms in total. The van der Waals surface area contributed by atoms with Crippen LogP contribution in [-0.2, 0) is 4.79 Å². The number of carbonyl (C=O) groups excluding carboxylic acids is 2. The molecule has 0 saturated carbocycles. The highest BCUT2D eigenvalue weighted by Crippen LogP contribution is 2.33. The SMILES string of the molecule is C[C@@H]1Oc2ccc(Nc3nc(Nc4ccc(C(N)=O)cc4)ncc3F)cc2NC1=O. The van der Waals surface area contributed by atoms with Crippen LogP contribution in [0.4, 0.5) is 33.2 Å². The highest BCUT2D eigenvalue weighted by Gasteiger charge is 2.23. The van der Waals surface area contributed by atoms with Crippen molar-refractivity contribution in [1.29, 1.82) is 0 Å². The van der Waals surface area contributed by atoms with Crippen LogP contribution in [0.2, 0.25) is 0 Å². The molecule has 0 aliphatic carbocycles. The van der Waals surface area contributed by atoms with Gasteiger partial charge in [0.05, 0.1) is 11.9 Å². The van der Waals surface area contributed by atoms with Gasteiger partial charge < -0.3 is 26.4 Å². The Balaban J connectivity index is 1.53. The number of ether oxygens (including phenoxy) is 1. The fourth-order valence-electron chi connectivity index (χ4n) is 2.79. The minimum atomic E-state index is -0.656. The van der Waals surface area contributed by atoms with Crippen LogP contribution in [0.5, 0.6) is 5.75 Å². The molecule has 1 aliphatic heterocycles. The van der Waals surface area contributed by atoms with Crippen LogP contribution in [0.3, 0.4) is 0 Å². The van der Waals surface area contributed by atoms with Crippen molar-refractivity contribution in [3.63, 3.8) is 0 Å². The van der Waals surface area contributed by atoms with E-state index in [1.807, 2.05) is 0 Å². The van der Waals surface area contributed by atoms with Crippen molar-refractivity contribution in [2.75, 3.05) is 16.0 Å². The number of fused-ring (bicyclic) bond motifs is 1. The molecule has 2 heterocycles. The zero-order valence-corrected chi connectivity index (χ0v) is 15.8. The van der Waals surface area contributed by atoms with Gasteiger partial charge in [-0.2, -0.15) is 4.98 Å². The lowest BCUT2D eigenvalue weighted by molar-refractivity contribution is -0.122. The molecule has 0 spiro atoms. The van der Waals surface area contributed by atoms with Gasteiger partial charge in [-0.15, -0.1) is 0 Å². The standard InChI is InChI=1S/C20H17FN6O3/c1-10-19(29)26-15-8-13(6-7-16(15)30-10)24-18-14(21)9-23-20(27-18)25-12-4-2-11(3-5-12)17(22)28/h2-10H,1H3,(H2,22,28)(H,26,29)(H2,23,24,25,27)/t10-/m0/s1. The van der Waals surface area contributed by atoms with Crippen LogP contribution < -0.4 is 26.4 Å². The maximum absolute atomic E-state index is 14.2. The monoisotopic (exact) mass is 408 g/mol. The molecule has 2 amide bonds. The van der Waals surface area contributed by atoms with E-state index < -0.39 is 17.8 Å². The number of nitrogens with two attached hydrogens (primary N) is 1. The molecular formula is C20H17FN6O3. The summed E-state index contributed by atoms with van der Waals surface area (Å²) >= 11 is 0. The number of nitrogens with zero attached hydrogens (tertiary/aromatic N) is 2. The Bertz CT molecular complexity index is 1140. The van der Waals surface area contributed by atoms with E-state index in [9.17, 15) is 14.0 Å². The van der Waals surface area contributed by atoms with Crippen molar-refractivity contribution in [3.05, 3.63) is 60.0 Å². The van der Waals surface area contributed by atoms with Crippen molar-refractivity contribution in [1.82, 2.24) is 9.97 Å². The highest BCUT2D eigenvalue weighted by molar-refractivity contribution is 5.98. The Morgan fingerprint density at radius 1 is 1.17 bits per heavy atom. The van der Waals surface area contributed by atoms with Gasteiger partial charge in [0.2, 0.25) is 11.9 Å². The van der Waals surface area contributed by atoms with Crippen molar-refractivity contribution >= 4 is 40.6 Å². The van der Waals surface area contributed by atoms with Gasteiger partial charge in [0.15, 0.2) is 17.7 Å². The summed E-state index contributed by atoms with van der Waals surface area (Å²) in [5.74, 6) is -0.838. The van der Waals surface area contributed by atoms with Crippen LogP contribution in [-0.4, -0.2) is 27.9 Å². The first-order valence-corrected chi connectivity index (χ1v) is 8.97. The Hall–Kier alpha value is -4.21. The molecule has 1 aromatic heterocycles. The summed E-state index contributed by atoms with van der Waals surface area (Å²) in [5, 5.41) is 8.52. The molecule has 3 aromatic rings. The van der Waals surface area contributed by atoms with E-state index >= 15 is 0 Å². The molecule has 30 heavy (non-hydrogen) atoms. The second-order valence-corrected chi connectivity index (χ2v) is 6.54. The third-order valence-electron chi connectivity index (χ3n) is 4.34. The van der Waals surface area contributed by atoms with Crippen LogP contribution in [0, 0.1) is 5.82 Å². The number of halogens is 1. The summed E-state index contributed by atoms with van der Waals surface area (Å²) in [4.78, 5) is 31.0. The van der Waals surface area contributed by atoms with Gasteiger partial charge in [-0.25, -0.2) is 9.37 Å². The molecule has 1 aliphatic rings. The van der Waals surface area contributed by atoms with Crippen LogP contribution in [0.1, 0.15) is 17.3 Å². The summed E-state index contributed by atoms with van der Waals surface area (Å²) in [6, 6.07) is 11.3. The molecule has 2 aromatic carbocycles. The molecule has 152 valence electrons. The molecule has 0 unspecified atom stereocenters. The predicted molar refractivity (Wildman–Crippen MR) is 109 cm³/mol. The number of benzene rings is 2. The molecule has 4 rings (SSSR count). The summed E-state index contributed by atoms with van der Waals surface area (Å²) in [6.07, 6.45) is 0.446. The van der Waals surface area contributed by atoms with E-state index in [2.05, 4.69) is 25.9 Å². The van der Waals surface area contributed by atoms with Crippen LogP contribution in [0.25, 0.3) is 0 Å². The van der Waals surface area contributed by atoms with Gasteiger partial charge >= 0.3 is 0 Å². The van der Waals surface area contributed by atoms with Crippen LogP contribution >= 0.6 is 0 Å². The van der Waals surface area contributed by atoms with Crippen molar-refractivity contribution < 1.29 is 18.7 Å². The third-order valence-corrected chi connectivity index (χ3v) is 4.34. The van der Waals surface area contributed by atoms with Gasteiger partial charge in [0, 0.05) is 16.9 Å². The second-order valence-electron chi connectivity index (χ2n) is 6.54. The summed E-state index contributed by atoms with van der Waals surface area (Å²) in [5.41, 5.74) is 7.16. The number of hydrogen-bond donors (Lipinski definition) is 4. The number of rotatable bonds is 5. The molecule has 1 atom stereocenters. The molecule has 0 radical (unpaired) electrons. The highest BCUT2D eigenvalue weighted by atomic mass is 19.1. The predicted octanol–water partition coefficient (Wildman–Crippen LogP) is 2.92. The lowest BCUT2D eigenvalue weighted by Crippen LogP contribution is -2.34. The van der Waals surface area contributed by atoms with Crippen LogP contribution in [0.15, 0.2) is 48.7 Å². The quantitative estimate of drug-likeness (QED) is 0.510. The van der Waals surface area contributed by atoms with Gasteiger partial charge in [-0.1, -0.05) is 0 Å². The van der Waals surface area contributed by atoms with Crippen molar-refractivity contribution in [2.45, 2.75) is 13.0 Å². The van der Waals surface area contributed by atoms with Gasteiger partial charge in [0.1, 0.15) is 5.75 Å². The van der Waals surface area contributed by atoms with Crippen molar-refractivity contribution in [2.24, 2.45) is 5.73 Å². The fourth-order valence-corrected chi connectivity index (χ4v) is 2.79. The minimum Gasteiger partial charge on any atom is -0.479 e. The first kappa shape index (κ1) is 19.1.